The summed E-state index contributed by atoms with van der Waals surface area (Å²) in [7, 11) is -3.44. The van der Waals surface area contributed by atoms with Crippen LogP contribution in [0.2, 0.25) is 0 Å². The molecule has 4 nitrogen and oxygen atoms in total. The first kappa shape index (κ1) is 17.9. The molecule has 2 aromatic rings. The van der Waals surface area contributed by atoms with Crippen LogP contribution in [-0.2, 0) is 20.3 Å². The summed E-state index contributed by atoms with van der Waals surface area (Å²) in [6.45, 7) is 2.20. The average molecular weight is 344 g/mol. The molecule has 0 aliphatic heterocycles. The zero-order valence-electron chi connectivity index (χ0n) is 13.5. The minimum absolute atomic E-state index is 0.159. The Labute approximate surface area is 142 Å². The van der Waals surface area contributed by atoms with Gasteiger partial charge in [-0.3, -0.25) is 0 Å². The fourth-order valence-corrected chi connectivity index (χ4v) is 3.52. The first-order chi connectivity index (χ1) is 11.5. The molecule has 0 heterocycles. The van der Waals surface area contributed by atoms with Gasteiger partial charge in [0.2, 0.25) is 0 Å². The molecule has 2 aromatic carbocycles. The van der Waals surface area contributed by atoms with E-state index in [1.54, 1.807) is 60.7 Å². The fourth-order valence-electron chi connectivity index (χ4n) is 2.16. The van der Waals surface area contributed by atoms with Crippen molar-refractivity contribution in [2.24, 2.45) is 0 Å². The predicted molar refractivity (Wildman–Crippen MR) is 93.5 cm³/mol. The van der Waals surface area contributed by atoms with Gasteiger partial charge in [-0.2, -0.15) is 0 Å². The Kier molecular flexibility index (Phi) is 6.32. The summed E-state index contributed by atoms with van der Waals surface area (Å²) in [5.41, 5.74) is 0.901. The van der Waals surface area contributed by atoms with Crippen molar-refractivity contribution in [3.63, 3.8) is 0 Å². The fraction of sp³-hybridized carbons (Fsp3) is 0.211. The van der Waals surface area contributed by atoms with Gasteiger partial charge < -0.3 is 4.74 Å². The van der Waals surface area contributed by atoms with Crippen LogP contribution < -0.4 is 0 Å². The Morgan fingerprint density at radius 3 is 2.50 bits per heavy atom. The second-order valence-corrected chi connectivity index (χ2v) is 7.24. The number of carbonyl (C=O) groups is 1. The SMILES string of the molecule is CC/C=C/COC(=O)c1cccc(CS(=O)(=O)c2ccccc2)c1. The third-order valence-corrected chi connectivity index (χ3v) is 5.04. The molecule has 0 atom stereocenters. The summed E-state index contributed by atoms with van der Waals surface area (Å²) in [6.07, 6.45) is 4.57. The highest BCUT2D eigenvalue weighted by atomic mass is 32.2. The molecule has 0 saturated carbocycles. The molecule has 0 N–H and O–H groups in total. The summed E-state index contributed by atoms with van der Waals surface area (Å²) in [5, 5.41) is 0. The average Bonchev–Trinajstić information content (AvgIpc) is 2.59. The topological polar surface area (TPSA) is 60.4 Å². The molecule has 0 fully saturated rings. The van der Waals surface area contributed by atoms with Crippen LogP contribution in [0.4, 0.5) is 0 Å². The van der Waals surface area contributed by atoms with Crippen molar-refractivity contribution < 1.29 is 17.9 Å². The first-order valence-electron chi connectivity index (χ1n) is 7.72. The second-order valence-electron chi connectivity index (χ2n) is 5.25. The Morgan fingerprint density at radius 2 is 1.79 bits per heavy atom. The molecule has 24 heavy (non-hydrogen) atoms. The lowest BCUT2D eigenvalue weighted by molar-refractivity contribution is 0.0549. The van der Waals surface area contributed by atoms with Crippen LogP contribution in [0.1, 0.15) is 29.3 Å². The Balaban J connectivity index is 2.10. The maximum absolute atomic E-state index is 12.4. The van der Waals surface area contributed by atoms with Crippen LogP contribution in [0.3, 0.4) is 0 Å². The van der Waals surface area contributed by atoms with Gasteiger partial charge in [-0.15, -0.1) is 0 Å². The summed E-state index contributed by atoms with van der Waals surface area (Å²) in [6, 6.07) is 14.8. The van der Waals surface area contributed by atoms with E-state index in [0.717, 1.165) is 6.42 Å². The molecule has 0 radical (unpaired) electrons. The number of sulfone groups is 1. The van der Waals surface area contributed by atoms with E-state index in [2.05, 4.69) is 0 Å². The molecule has 0 aliphatic carbocycles. The summed E-state index contributed by atoms with van der Waals surface area (Å²) in [5.74, 6) is -0.622. The van der Waals surface area contributed by atoms with Crippen molar-refractivity contribution in [1.29, 1.82) is 0 Å². The van der Waals surface area contributed by atoms with Crippen LogP contribution in [-0.4, -0.2) is 21.0 Å². The third kappa shape index (κ3) is 5.06. The van der Waals surface area contributed by atoms with Crippen molar-refractivity contribution in [1.82, 2.24) is 0 Å². The van der Waals surface area contributed by atoms with Crippen molar-refractivity contribution >= 4 is 15.8 Å². The number of allylic oxidation sites excluding steroid dienone is 1. The van der Waals surface area contributed by atoms with Gasteiger partial charge in [-0.25, -0.2) is 13.2 Å². The van der Waals surface area contributed by atoms with Gasteiger partial charge in [0.15, 0.2) is 9.84 Å². The minimum Gasteiger partial charge on any atom is -0.458 e. The highest BCUT2D eigenvalue weighted by molar-refractivity contribution is 7.90. The van der Waals surface area contributed by atoms with E-state index in [4.69, 9.17) is 4.74 Å². The molecular weight excluding hydrogens is 324 g/mol. The normalized spacial score (nSPS) is 11.5. The van der Waals surface area contributed by atoms with Gasteiger partial charge >= 0.3 is 5.97 Å². The highest BCUT2D eigenvalue weighted by Gasteiger charge is 2.16. The Morgan fingerprint density at radius 1 is 1.04 bits per heavy atom. The zero-order valence-corrected chi connectivity index (χ0v) is 14.3. The van der Waals surface area contributed by atoms with Gasteiger partial charge in [0.25, 0.3) is 0 Å². The molecule has 5 heteroatoms. The number of carbonyl (C=O) groups excluding carboxylic acids is 1. The molecular formula is C19H20O4S. The summed E-state index contributed by atoms with van der Waals surface area (Å²) in [4.78, 5) is 12.3. The number of ether oxygens (including phenoxy) is 1. The van der Waals surface area contributed by atoms with E-state index < -0.39 is 15.8 Å². The van der Waals surface area contributed by atoms with Crippen LogP contribution in [0, 0.1) is 0 Å². The quantitative estimate of drug-likeness (QED) is 0.566. The van der Waals surface area contributed by atoms with Gasteiger partial charge in [0.1, 0.15) is 6.61 Å². The molecule has 0 spiro atoms. The van der Waals surface area contributed by atoms with Crippen LogP contribution in [0.5, 0.6) is 0 Å². The van der Waals surface area contributed by atoms with Crippen molar-refractivity contribution in [3.8, 4) is 0 Å². The van der Waals surface area contributed by atoms with Gasteiger partial charge in [-0.05, 0) is 36.2 Å². The lowest BCUT2D eigenvalue weighted by Gasteiger charge is -2.07. The van der Waals surface area contributed by atoms with Crippen molar-refractivity contribution in [2.45, 2.75) is 24.0 Å². The lowest BCUT2D eigenvalue weighted by atomic mass is 10.1. The molecule has 0 amide bonds. The smallest absolute Gasteiger partial charge is 0.338 e. The van der Waals surface area contributed by atoms with Gasteiger partial charge in [0.05, 0.1) is 16.2 Å². The van der Waals surface area contributed by atoms with Gasteiger partial charge in [0, 0.05) is 0 Å². The van der Waals surface area contributed by atoms with E-state index >= 15 is 0 Å². The van der Waals surface area contributed by atoms with E-state index in [9.17, 15) is 13.2 Å². The third-order valence-electron chi connectivity index (χ3n) is 3.33. The van der Waals surface area contributed by atoms with E-state index in [-0.39, 0.29) is 17.3 Å². The maximum atomic E-state index is 12.4. The van der Waals surface area contributed by atoms with E-state index in [1.165, 1.54) is 0 Å². The second kappa shape index (κ2) is 8.45. The van der Waals surface area contributed by atoms with Gasteiger partial charge in [-0.1, -0.05) is 49.4 Å². The number of hydrogen-bond donors (Lipinski definition) is 0. The number of benzene rings is 2. The zero-order chi connectivity index (χ0) is 17.4. The highest BCUT2D eigenvalue weighted by Crippen LogP contribution is 2.17. The standard InChI is InChI=1S/C19H20O4S/c1-2-3-7-13-23-19(20)17-10-8-9-16(14-17)15-24(21,22)18-11-5-4-6-12-18/h3-12,14H,2,13,15H2,1H3/b7-3+. The summed E-state index contributed by atoms with van der Waals surface area (Å²) < 4.78 is 29.9. The maximum Gasteiger partial charge on any atom is 0.338 e. The minimum atomic E-state index is -3.44. The molecule has 0 bridgehead atoms. The number of esters is 1. The van der Waals surface area contributed by atoms with E-state index in [1.807, 2.05) is 13.0 Å². The Hall–Kier alpha value is -2.40. The number of hydrogen-bond acceptors (Lipinski definition) is 4. The summed E-state index contributed by atoms with van der Waals surface area (Å²) >= 11 is 0. The monoisotopic (exact) mass is 344 g/mol. The molecule has 0 unspecified atom stereocenters. The predicted octanol–water partition coefficient (Wildman–Crippen LogP) is 3.78. The van der Waals surface area contributed by atoms with E-state index in [0.29, 0.717) is 11.1 Å². The molecule has 0 aromatic heterocycles. The lowest BCUT2D eigenvalue weighted by Crippen LogP contribution is -2.08. The Bertz CT molecular complexity index is 808. The molecule has 2 rings (SSSR count). The molecule has 0 aliphatic rings. The van der Waals surface area contributed by atoms with Crippen molar-refractivity contribution in [3.05, 3.63) is 77.9 Å². The van der Waals surface area contributed by atoms with Crippen LogP contribution in [0.25, 0.3) is 0 Å². The molecule has 126 valence electrons. The number of rotatable bonds is 7. The first-order valence-corrected chi connectivity index (χ1v) is 9.37. The molecule has 0 saturated heterocycles. The van der Waals surface area contributed by atoms with Crippen LogP contribution >= 0.6 is 0 Å². The largest absolute Gasteiger partial charge is 0.458 e. The van der Waals surface area contributed by atoms with Crippen LogP contribution in [0.15, 0.2) is 71.6 Å². The van der Waals surface area contributed by atoms with Crippen molar-refractivity contribution in [2.75, 3.05) is 6.61 Å².